The Morgan fingerprint density at radius 2 is 1.31 bits per heavy atom. The van der Waals surface area contributed by atoms with Crippen molar-refractivity contribution in [1.82, 2.24) is 5.32 Å². The van der Waals surface area contributed by atoms with Crippen molar-refractivity contribution in [1.29, 1.82) is 0 Å². The first kappa shape index (κ1) is 18.2. The smallest absolute Gasteiger partial charge is 0.206 e. The molecule has 2 N–H and O–H groups in total. The van der Waals surface area contributed by atoms with E-state index in [9.17, 15) is 13.5 Å². The minimum absolute atomic E-state index is 0.0438. The van der Waals surface area contributed by atoms with E-state index in [1.807, 2.05) is 30.3 Å². The average molecular weight is 367 g/mol. The first-order valence-electron chi connectivity index (χ1n) is 8.43. The van der Waals surface area contributed by atoms with Gasteiger partial charge < -0.3 is 10.4 Å². The second-order valence-corrected chi connectivity index (χ2v) is 8.00. The van der Waals surface area contributed by atoms with Gasteiger partial charge in [-0.3, -0.25) is 0 Å². The molecule has 0 aromatic heterocycles. The van der Waals surface area contributed by atoms with Crippen LogP contribution < -0.4 is 5.32 Å². The molecule has 5 heteroatoms. The summed E-state index contributed by atoms with van der Waals surface area (Å²) in [6.45, 7) is 1.63. The van der Waals surface area contributed by atoms with Crippen LogP contribution in [0.3, 0.4) is 0 Å². The van der Waals surface area contributed by atoms with Crippen LogP contribution in [0.25, 0.3) is 0 Å². The zero-order valence-electron chi connectivity index (χ0n) is 14.3. The molecule has 0 fully saturated rings. The van der Waals surface area contributed by atoms with Gasteiger partial charge in [0, 0.05) is 6.54 Å². The van der Waals surface area contributed by atoms with Crippen LogP contribution in [0.4, 0.5) is 0 Å². The standard InChI is InChI=1S/C21H21NO3S/c23-19-8-12-21(13-9-19)26(24,25)20-10-6-17(7-11-20)14-15-22-16-18-4-2-1-3-5-18/h1-13,22-23H,14-16H2. The number of hydrogen-bond donors (Lipinski definition) is 2. The molecule has 3 aromatic carbocycles. The third-order valence-corrected chi connectivity index (χ3v) is 5.93. The van der Waals surface area contributed by atoms with E-state index in [-0.39, 0.29) is 15.5 Å². The fraction of sp³-hybridized carbons (Fsp3) is 0.143. The summed E-state index contributed by atoms with van der Waals surface area (Å²) >= 11 is 0. The number of nitrogens with one attached hydrogen (secondary N) is 1. The Morgan fingerprint density at radius 3 is 1.92 bits per heavy atom. The molecule has 0 radical (unpaired) electrons. The van der Waals surface area contributed by atoms with Gasteiger partial charge in [-0.15, -0.1) is 0 Å². The second kappa shape index (κ2) is 8.17. The normalized spacial score (nSPS) is 11.4. The molecule has 0 spiro atoms. The predicted octanol–water partition coefficient (Wildman–Crippen LogP) is 3.56. The van der Waals surface area contributed by atoms with Crippen molar-refractivity contribution >= 4 is 9.84 Å². The molecule has 3 rings (SSSR count). The van der Waals surface area contributed by atoms with Gasteiger partial charge in [0.15, 0.2) is 0 Å². The van der Waals surface area contributed by atoms with Crippen molar-refractivity contribution in [3.05, 3.63) is 90.0 Å². The molecule has 0 aliphatic heterocycles. The Morgan fingerprint density at radius 1 is 0.731 bits per heavy atom. The number of aromatic hydroxyl groups is 1. The lowest BCUT2D eigenvalue weighted by molar-refractivity contribution is 0.475. The van der Waals surface area contributed by atoms with E-state index in [0.29, 0.717) is 0 Å². The molecule has 0 saturated heterocycles. The fourth-order valence-electron chi connectivity index (χ4n) is 2.66. The molecule has 0 aliphatic carbocycles. The third-order valence-electron chi connectivity index (χ3n) is 4.14. The first-order chi connectivity index (χ1) is 12.6. The lowest BCUT2D eigenvalue weighted by Crippen LogP contribution is -2.16. The maximum atomic E-state index is 12.6. The Bertz CT molecular complexity index is 935. The summed E-state index contributed by atoms with van der Waals surface area (Å²) in [7, 11) is -3.56. The predicted molar refractivity (Wildman–Crippen MR) is 102 cm³/mol. The van der Waals surface area contributed by atoms with Gasteiger partial charge in [0.05, 0.1) is 9.79 Å². The number of phenols is 1. The van der Waals surface area contributed by atoms with Crippen LogP contribution in [0.1, 0.15) is 11.1 Å². The van der Waals surface area contributed by atoms with Gasteiger partial charge in [0.1, 0.15) is 5.75 Å². The van der Waals surface area contributed by atoms with E-state index in [1.54, 1.807) is 12.1 Å². The minimum atomic E-state index is -3.56. The lowest BCUT2D eigenvalue weighted by atomic mass is 10.1. The highest BCUT2D eigenvalue weighted by Gasteiger charge is 2.17. The van der Waals surface area contributed by atoms with Crippen molar-refractivity contribution in [2.75, 3.05) is 6.54 Å². The van der Waals surface area contributed by atoms with Crippen molar-refractivity contribution in [2.45, 2.75) is 22.8 Å². The van der Waals surface area contributed by atoms with Crippen molar-refractivity contribution in [3.63, 3.8) is 0 Å². The monoisotopic (exact) mass is 367 g/mol. The van der Waals surface area contributed by atoms with Crippen LogP contribution in [0.15, 0.2) is 88.7 Å². The number of hydrogen-bond acceptors (Lipinski definition) is 4. The Hall–Kier alpha value is -2.63. The van der Waals surface area contributed by atoms with Gasteiger partial charge in [-0.2, -0.15) is 0 Å². The molecule has 0 unspecified atom stereocenters. The molecule has 26 heavy (non-hydrogen) atoms. The SMILES string of the molecule is O=S(=O)(c1ccc(O)cc1)c1ccc(CCNCc2ccccc2)cc1. The average Bonchev–Trinajstić information content (AvgIpc) is 2.67. The van der Waals surface area contributed by atoms with Crippen molar-refractivity contribution < 1.29 is 13.5 Å². The van der Waals surface area contributed by atoms with Crippen LogP contribution >= 0.6 is 0 Å². The van der Waals surface area contributed by atoms with Gasteiger partial charge in [-0.1, -0.05) is 42.5 Å². The number of sulfone groups is 1. The molecule has 0 aliphatic rings. The van der Waals surface area contributed by atoms with Crippen molar-refractivity contribution in [3.8, 4) is 5.75 Å². The second-order valence-electron chi connectivity index (χ2n) is 6.05. The Labute approximate surface area is 154 Å². The molecule has 0 amide bonds. The minimum Gasteiger partial charge on any atom is -0.508 e. The van der Waals surface area contributed by atoms with Crippen LogP contribution in [-0.4, -0.2) is 20.1 Å². The molecular weight excluding hydrogens is 346 g/mol. The maximum Gasteiger partial charge on any atom is 0.206 e. The number of benzene rings is 3. The van der Waals surface area contributed by atoms with E-state index in [2.05, 4.69) is 17.4 Å². The number of rotatable bonds is 7. The largest absolute Gasteiger partial charge is 0.508 e. The van der Waals surface area contributed by atoms with Gasteiger partial charge in [0.25, 0.3) is 0 Å². The number of phenolic OH excluding ortho intramolecular Hbond substituents is 1. The topological polar surface area (TPSA) is 66.4 Å². The highest BCUT2D eigenvalue weighted by molar-refractivity contribution is 7.91. The molecule has 0 bridgehead atoms. The van der Waals surface area contributed by atoms with Crippen LogP contribution in [0.5, 0.6) is 5.75 Å². The molecule has 4 nitrogen and oxygen atoms in total. The Kier molecular flexibility index (Phi) is 5.71. The van der Waals surface area contributed by atoms with E-state index < -0.39 is 9.84 Å². The summed E-state index contributed by atoms with van der Waals surface area (Å²) in [5.74, 6) is 0.0438. The molecule has 3 aromatic rings. The summed E-state index contributed by atoms with van der Waals surface area (Å²) in [6.07, 6.45) is 0.826. The quantitative estimate of drug-likeness (QED) is 0.627. The summed E-state index contributed by atoms with van der Waals surface area (Å²) in [5.41, 5.74) is 2.32. The highest BCUT2D eigenvalue weighted by Crippen LogP contribution is 2.23. The fourth-order valence-corrected chi connectivity index (χ4v) is 3.92. The van der Waals surface area contributed by atoms with Gasteiger partial charge in [0.2, 0.25) is 9.84 Å². The summed E-state index contributed by atoms with van der Waals surface area (Å²) in [5, 5.41) is 12.7. The summed E-state index contributed by atoms with van der Waals surface area (Å²) < 4.78 is 25.2. The Balaban J connectivity index is 1.58. The third kappa shape index (κ3) is 4.50. The van der Waals surface area contributed by atoms with Gasteiger partial charge in [-0.25, -0.2) is 8.42 Å². The molecule has 134 valence electrons. The van der Waals surface area contributed by atoms with Crippen LogP contribution in [-0.2, 0) is 22.8 Å². The van der Waals surface area contributed by atoms with Crippen molar-refractivity contribution in [2.24, 2.45) is 0 Å². The summed E-state index contributed by atoms with van der Waals surface area (Å²) in [6, 6.07) is 22.7. The van der Waals surface area contributed by atoms with Crippen LogP contribution in [0, 0.1) is 0 Å². The molecule has 0 heterocycles. The van der Waals surface area contributed by atoms with Gasteiger partial charge in [-0.05, 0) is 60.5 Å². The summed E-state index contributed by atoms with van der Waals surface area (Å²) in [4.78, 5) is 0.428. The van der Waals surface area contributed by atoms with E-state index >= 15 is 0 Å². The lowest BCUT2D eigenvalue weighted by Gasteiger charge is -2.08. The van der Waals surface area contributed by atoms with Gasteiger partial charge >= 0.3 is 0 Å². The molecule has 0 saturated carbocycles. The van der Waals surface area contributed by atoms with E-state index in [4.69, 9.17) is 0 Å². The maximum absolute atomic E-state index is 12.6. The highest BCUT2D eigenvalue weighted by atomic mass is 32.2. The van der Waals surface area contributed by atoms with Crippen LogP contribution in [0.2, 0.25) is 0 Å². The van der Waals surface area contributed by atoms with E-state index in [0.717, 1.165) is 25.1 Å². The molecular formula is C21H21NO3S. The molecule has 0 atom stereocenters. The van der Waals surface area contributed by atoms with E-state index in [1.165, 1.54) is 29.8 Å². The zero-order chi connectivity index (χ0) is 18.4. The zero-order valence-corrected chi connectivity index (χ0v) is 15.1. The first-order valence-corrected chi connectivity index (χ1v) is 9.92.